The predicted molar refractivity (Wildman–Crippen MR) is 136 cm³/mol. The van der Waals surface area contributed by atoms with Crippen LogP contribution in [0.15, 0.2) is 34.4 Å². The number of benzene rings is 1. The molecule has 2 aliphatic rings. The molecule has 1 aromatic carbocycles. The van der Waals surface area contributed by atoms with E-state index in [2.05, 4.69) is 31.9 Å². The van der Waals surface area contributed by atoms with Crippen molar-refractivity contribution < 1.29 is 19.0 Å². The maximum absolute atomic E-state index is 11.9. The van der Waals surface area contributed by atoms with Crippen molar-refractivity contribution in [3.8, 4) is 5.75 Å². The first kappa shape index (κ1) is 25.7. The molecule has 1 fully saturated rings. The van der Waals surface area contributed by atoms with Crippen LogP contribution in [-0.2, 0) is 20.8 Å². The number of likely N-dealkylation sites (tertiary alicyclic amines) is 1. The van der Waals surface area contributed by atoms with Gasteiger partial charge in [-0.3, -0.25) is 14.6 Å². The van der Waals surface area contributed by atoms with Crippen molar-refractivity contribution in [2.75, 3.05) is 45.5 Å². The molecule has 1 aromatic heterocycles. The third-order valence-electron chi connectivity index (χ3n) is 6.82. The Hall–Kier alpha value is -2.36. The van der Waals surface area contributed by atoms with Gasteiger partial charge in [0.1, 0.15) is 17.5 Å². The van der Waals surface area contributed by atoms with Crippen LogP contribution in [0.2, 0.25) is 0 Å². The van der Waals surface area contributed by atoms with Gasteiger partial charge in [0.05, 0.1) is 25.3 Å². The Morgan fingerprint density at radius 2 is 1.97 bits per heavy atom. The first-order valence-electron chi connectivity index (χ1n) is 12.4. The Morgan fingerprint density at radius 1 is 1.20 bits per heavy atom. The van der Waals surface area contributed by atoms with Gasteiger partial charge in [0.2, 0.25) is 0 Å². The van der Waals surface area contributed by atoms with Crippen LogP contribution in [0, 0.1) is 11.8 Å². The Morgan fingerprint density at radius 3 is 2.69 bits per heavy atom. The number of esters is 1. The SMILES string of the molecule is CCOC(=O)C(C)CCC1CCN(Cc2cc3c(cc2OC)Sc2nccnc2N3COC)CC1. The van der Waals surface area contributed by atoms with Crippen LogP contribution in [-0.4, -0.2) is 61.5 Å². The smallest absolute Gasteiger partial charge is 0.308 e. The maximum Gasteiger partial charge on any atom is 0.308 e. The van der Waals surface area contributed by atoms with Crippen molar-refractivity contribution in [2.24, 2.45) is 11.8 Å². The van der Waals surface area contributed by atoms with Gasteiger partial charge in [-0.05, 0) is 63.7 Å². The highest BCUT2D eigenvalue weighted by atomic mass is 32.2. The second kappa shape index (κ2) is 12.1. The number of ether oxygens (including phenoxy) is 3. The molecule has 0 amide bonds. The molecule has 2 aliphatic heterocycles. The van der Waals surface area contributed by atoms with E-state index in [0.29, 0.717) is 19.3 Å². The van der Waals surface area contributed by atoms with E-state index in [1.54, 1.807) is 38.4 Å². The number of methoxy groups -OCH3 is 2. The van der Waals surface area contributed by atoms with E-state index in [-0.39, 0.29) is 11.9 Å². The summed E-state index contributed by atoms with van der Waals surface area (Å²) < 4.78 is 16.4. The molecule has 1 unspecified atom stereocenters. The number of piperidine rings is 1. The summed E-state index contributed by atoms with van der Waals surface area (Å²) in [5.74, 6) is 2.29. The lowest BCUT2D eigenvalue weighted by Gasteiger charge is -2.34. The van der Waals surface area contributed by atoms with Crippen molar-refractivity contribution in [1.82, 2.24) is 14.9 Å². The molecule has 9 heteroatoms. The number of fused-ring (bicyclic) bond motifs is 2. The topological polar surface area (TPSA) is 77.0 Å². The number of hydrogen-bond acceptors (Lipinski definition) is 9. The fourth-order valence-electron chi connectivity index (χ4n) is 4.81. The third-order valence-corrected chi connectivity index (χ3v) is 7.85. The molecule has 4 rings (SSSR count). The molecule has 1 saturated heterocycles. The number of nitrogens with zero attached hydrogens (tertiary/aromatic N) is 4. The highest BCUT2D eigenvalue weighted by Gasteiger charge is 2.28. The number of aromatic nitrogens is 2. The molecular formula is C26H36N4O4S. The van der Waals surface area contributed by atoms with Gasteiger partial charge in [-0.15, -0.1) is 0 Å². The molecule has 0 bridgehead atoms. The monoisotopic (exact) mass is 500 g/mol. The average molecular weight is 501 g/mol. The minimum absolute atomic E-state index is 0.0181. The highest BCUT2D eigenvalue weighted by molar-refractivity contribution is 7.99. The Labute approximate surface area is 212 Å². The highest BCUT2D eigenvalue weighted by Crippen LogP contribution is 2.48. The zero-order chi connectivity index (χ0) is 24.8. The summed E-state index contributed by atoms with van der Waals surface area (Å²) in [7, 11) is 3.43. The van der Waals surface area contributed by atoms with Crippen LogP contribution in [0.5, 0.6) is 5.75 Å². The van der Waals surface area contributed by atoms with Crippen LogP contribution < -0.4 is 9.64 Å². The van der Waals surface area contributed by atoms with Crippen LogP contribution in [0.25, 0.3) is 0 Å². The molecule has 0 spiro atoms. The zero-order valence-electron chi connectivity index (χ0n) is 21.2. The van der Waals surface area contributed by atoms with E-state index in [1.807, 2.05) is 13.8 Å². The third kappa shape index (κ3) is 6.08. The van der Waals surface area contributed by atoms with Crippen LogP contribution in [0.3, 0.4) is 0 Å². The second-order valence-corrected chi connectivity index (χ2v) is 10.2. The maximum atomic E-state index is 11.9. The van der Waals surface area contributed by atoms with Crippen molar-refractivity contribution >= 4 is 29.2 Å². The van der Waals surface area contributed by atoms with Gasteiger partial charge in [0.15, 0.2) is 5.82 Å². The van der Waals surface area contributed by atoms with E-state index >= 15 is 0 Å². The standard InChI is InChI=1S/C26H36N4O4S/c1-5-34-26(31)18(2)6-7-19-8-12-29(13-9-19)16-20-14-21-23(15-22(20)33-4)35-25-24(27-10-11-28-25)30(21)17-32-3/h10-11,14-15,18-19H,5-9,12-13,16-17H2,1-4H3. The normalized spacial score (nSPS) is 17.0. The first-order chi connectivity index (χ1) is 17.0. The van der Waals surface area contributed by atoms with E-state index in [1.165, 1.54) is 0 Å². The molecule has 3 heterocycles. The quantitative estimate of drug-likeness (QED) is 0.424. The summed E-state index contributed by atoms with van der Waals surface area (Å²) in [4.78, 5) is 26.6. The van der Waals surface area contributed by atoms with E-state index in [9.17, 15) is 4.79 Å². The summed E-state index contributed by atoms with van der Waals surface area (Å²) in [5.41, 5.74) is 2.23. The molecule has 0 radical (unpaired) electrons. The second-order valence-electron chi connectivity index (χ2n) is 9.21. The van der Waals surface area contributed by atoms with E-state index in [4.69, 9.17) is 14.2 Å². The summed E-state index contributed by atoms with van der Waals surface area (Å²) in [6, 6.07) is 4.32. The lowest BCUT2D eigenvalue weighted by molar-refractivity contribution is -0.147. The molecule has 8 nitrogen and oxygen atoms in total. The molecular weight excluding hydrogens is 464 g/mol. The van der Waals surface area contributed by atoms with Gasteiger partial charge in [0, 0.05) is 36.5 Å². The van der Waals surface area contributed by atoms with Crippen molar-refractivity contribution in [2.45, 2.75) is 56.0 Å². The fourth-order valence-corrected chi connectivity index (χ4v) is 5.83. The summed E-state index contributed by atoms with van der Waals surface area (Å²) in [5, 5.41) is 0.867. The minimum atomic E-state index is -0.0706. The Kier molecular flexibility index (Phi) is 8.86. The Balaban J connectivity index is 1.41. The van der Waals surface area contributed by atoms with Crippen molar-refractivity contribution in [3.63, 3.8) is 0 Å². The van der Waals surface area contributed by atoms with Gasteiger partial charge in [-0.25, -0.2) is 9.97 Å². The molecule has 0 saturated carbocycles. The molecule has 2 aromatic rings. The molecule has 0 N–H and O–H groups in total. The van der Waals surface area contributed by atoms with Gasteiger partial charge in [0.25, 0.3) is 0 Å². The van der Waals surface area contributed by atoms with Crippen LogP contribution >= 0.6 is 11.8 Å². The van der Waals surface area contributed by atoms with Crippen molar-refractivity contribution in [1.29, 1.82) is 0 Å². The number of carbonyl (C=O) groups excluding carboxylic acids is 1. The first-order valence-corrected chi connectivity index (χ1v) is 13.2. The van der Waals surface area contributed by atoms with Gasteiger partial charge in [-0.1, -0.05) is 18.7 Å². The molecule has 190 valence electrons. The number of rotatable bonds is 10. The molecule has 0 aliphatic carbocycles. The number of carbonyl (C=O) groups is 1. The van der Waals surface area contributed by atoms with Crippen LogP contribution in [0.4, 0.5) is 11.5 Å². The number of hydrogen-bond donors (Lipinski definition) is 0. The van der Waals surface area contributed by atoms with Gasteiger partial charge < -0.3 is 14.2 Å². The summed E-state index contributed by atoms with van der Waals surface area (Å²) >= 11 is 1.61. The lowest BCUT2D eigenvalue weighted by Crippen LogP contribution is -2.33. The largest absolute Gasteiger partial charge is 0.496 e. The lowest BCUT2D eigenvalue weighted by atomic mass is 9.89. The Bertz CT molecular complexity index is 1010. The van der Waals surface area contributed by atoms with Gasteiger partial charge in [-0.2, -0.15) is 0 Å². The fraction of sp³-hybridized carbons (Fsp3) is 0.577. The van der Waals surface area contributed by atoms with E-state index in [0.717, 1.165) is 78.1 Å². The van der Waals surface area contributed by atoms with Crippen LogP contribution in [0.1, 0.15) is 45.1 Å². The van der Waals surface area contributed by atoms with Crippen molar-refractivity contribution in [3.05, 3.63) is 30.1 Å². The minimum Gasteiger partial charge on any atom is -0.496 e. The predicted octanol–water partition coefficient (Wildman–Crippen LogP) is 4.88. The van der Waals surface area contributed by atoms with Gasteiger partial charge >= 0.3 is 5.97 Å². The summed E-state index contributed by atoms with van der Waals surface area (Å²) in [6.07, 6.45) is 7.72. The molecule has 1 atom stereocenters. The number of anilines is 2. The molecule has 35 heavy (non-hydrogen) atoms. The summed E-state index contributed by atoms with van der Waals surface area (Å²) in [6.45, 7) is 7.62. The zero-order valence-corrected chi connectivity index (χ0v) is 22.0. The van der Waals surface area contributed by atoms with E-state index < -0.39 is 0 Å². The average Bonchev–Trinajstić information content (AvgIpc) is 2.88.